The molecule has 2 rings (SSSR count). The monoisotopic (exact) mass is 317 g/mol. The standard InChI is InChI=1S/C16H23N5O2/c1-3-16(23,4-2)10-18-15(22)17-9-12-6-5-7-13(8-12)14-19-11-20-21-14/h5-8,11,23H,3-4,9-10H2,1-2H3,(H2,17,18,22)(H,19,20,21). The summed E-state index contributed by atoms with van der Waals surface area (Å²) >= 11 is 0. The van der Waals surface area contributed by atoms with E-state index in [2.05, 4.69) is 25.8 Å². The van der Waals surface area contributed by atoms with E-state index in [1.54, 1.807) is 0 Å². The molecule has 0 aliphatic rings. The number of H-pyrrole nitrogens is 1. The van der Waals surface area contributed by atoms with Crippen molar-refractivity contribution in [3.63, 3.8) is 0 Å². The van der Waals surface area contributed by atoms with Gasteiger partial charge in [-0.1, -0.05) is 32.0 Å². The summed E-state index contributed by atoms with van der Waals surface area (Å²) in [5.41, 5.74) is 1.02. The second-order valence-electron chi connectivity index (χ2n) is 5.50. The molecule has 1 heterocycles. The highest BCUT2D eigenvalue weighted by Crippen LogP contribution is 2.15. The predicted octanol–water partition coefficient (Wildman–Crippen LogP) is 1.82. The van der Waals surface area contributed by atoms with Gasteiger partial charge in [0.25, 0.3) is 0 Å². The van der Waals surface area contributed by atoms with Crippen LogP contribution >= 0.6 is 0 Å². The quantitative estimate of drug-likeness (QED) is 0.625. The van der Waals surface area contributed by atoms with Crippen LogP contribution in [0.4, 0.5) is 4.79 Å². The molecule has 0 aliphatic carbocycles. The summed E-state index contributed by atoms with van der Waals surface area (Å²) in [6.45, 7) is 4.44. The normalized spacial score (nSPS) is 11.3. The molecule has 2 amide bonds. The lowest BCUT2D eigenvalue weighted by Crippen LogP contribution is -2.45. The van der Waals surface area contributed by atoms with E-state index in [1.165, 1.54) is 6.33 Å². The van der Waals surface area contributed by atoms with Crippen molar-refractivity contribution in [2.75, 3.05) is 6.54 Å². The number of hydrogen-bond donors (Lipinski definition) is 4. The number of rotatable bonds is 7. The van der Waals surface area contributed by atoms with Gasteiger partial charge in [0.1, 0.15) is 6.33 Å². The van der Waals surface area contributed by atoms with Crippen LogP contribution in [0.1, 0.15) is 32.3 Å². The number of urea groups is 1. The molecule has 0 atom stereocenters. The third-order valence-corrected chi connectivity index (χ3v) is 3.96. The Bertz CT molecular complexity index is 623. The Morgan fingerprint density at radius 3 is 2.74 bits per heavy atom. The number of amides is 2. The van der Waals surface area contributed by atoms with Gasteiger partial charge in [-0.05, 0) is 24.5 Å². The maximum atomic E-state index is 11.8. The summed E-state index contributed by atoms with van der Waals surface area (Å²) in [6, 6.07) is 7.39. The minimum absolute atomic E-state index is 0.240. The molecule has 0 spiro atoms. The molecular formula is C16H23N5O2. The molecule has 7 nitrogen and oxygen atoms in total. The van der Waals surface area contributed by atoms with E-state index >= 15 is 0 Å². The van der Waals surface area contributed by atoms with Crippen molar-refractivity contribution >= 4 is 6.03 Å². The van der Waals surface area contributed by atoms with Crippen LogP contribution in [0, 0.1) is 0 Å². The van der Waals surface area contributed by atoms with Gasteiger partial charge in [-0.25, -0.2) is 9.78 Å². The van der Waals surface area contributed by atoms with E-state index in [0.717, 1.165) is 11.1 Å². The van der Waals surface area contributed by atoms with E-state index in [-0.39, 0.29) is 12.6 Å². The fourth-order valence-corrected chi connectivity index (χ4v) is 2.16. The average molecular weight is 317 g/mol. The molecule has 0 fully saturated rings. The van der Waals surface area contributed by atoms with E-state index in [4.69, 9.17) is 0 Å². The Kier molecular flexibility index (Phi) is 5.70. The van der Waals surface area contributed by atoms with E-state index in [0.29, 0.717) is 25.2 Å². The fraction of sp³-hybridized carbons (Fsp3) is 0.438. The maximum Gasteiger partial charge on any atom is 0.315 e. The number of aromatic amines is 1. The predicted molar refractivity (Wildman–Crippen MR) is 87.6 cm³/mol. The molecule has 0 bridgehead atoms. The van der Waals surface area contributed by atoms with Gasteiger partial charge in [-0.3, -0.25) is 5.10 Å². The number of nitrogens with zero attached hydrogens (tertiary/aromatic N) is 2. The van der Waals surface area contributed by atoms with Gasteiger partial charge in [0, 0.05) is 18.7 Å². The van der Waals surface area contributed by atoms with Gasteiger partial charge < -0.3 is 15.7 Å². The number of benzene rings is 1. The summed E-state index contributed by atoms with van der Waals surface area (Å²) in [4.78, 5) is 16.0. The first-order valence-electron chi connectivity index (χ1n) is 7.75. The third-order valence-electron chi connectivity index (χ3n) is 3.96. The first-order chi connectivity index (χ1) is 11.1. The van der Waals surface area contributed by atoms with Crippen molar-refractivity contribution in [1.82, 2.24) is 25.8 Å². The van der Waals surface area contributed by atoms with E-state index < -0.39 is 5.60 Å². The first-order valence-corrected chi connectivity index (χ1v) is 7.75. The molecule has 4 N–H and O–H groups in total. The average Bonchev–Trinajstić information content (AvgIpc) is 3.13. The number of nitrogens with one attached hydrogen (secondary N) is 3. The van der Waals surface area contributed by atoms with Crippen LogP contribution in [0.3, 0.4) is 0 Å². The van der Waals surface area contributed by atoms with Gasteiger partial charge in [0.05, 0.1) is 5.60 Å². The number of aliphatic hydroxyl groups is 1. The summed E-state index contributed by atoms with van der Waals surface area (Å²) in [5.74, 6) is 0.687. The lowest BCUT2D eigenvalue weighted by atomic mass is 9.98. The van der Waals surface area contributed by atoms with Gasteiger partial charge in [-0.15, -0.1) is 0 Å². The summed E-state index contributed by atoms with van der Waals surface area (Å²) in [7, 11) is 0. The molecule has 0 saturated heterocycles. The van der Waals surface area contributed by atoms with Gasteiger partial charge >= 0.3 is 6.03 Å². The number of hydrogen-bond acceptors (Lipinski definition) is 4. The summed E-state index contributed by atoms with van der Waals surface area (Å²) in [5, 5.41) is 22.3. The van der Waals surface area contributed by atoms with Crippen LogP contribution < -0.4 is 10.6 Å². The van der Waals surface area contributed by atoms with Crippen LogP contribution in [-0.4, -0.2) is 38.5 Å². The Morgan fingerprint density at radius 1 is 1.30 bits per heavy atom. The number of aromatic nitrogens is 3. The molecule has 0 saturated carbocycles. The largest absolute Gasteiger partial charge is 0.388 e. The van der Waals surface area contributed by atoms with Crippen molar-refractivity contribution in [1.29, 1.82) is 0 Å². The van der Waals surface area contributed by atoms with Crippen molar-refractivity contribution in [3.8, 4) is 11.4 Å². The van der Waals surface area contributed by atoms with Crippen LogP contribution in [0.15, 0.2) is 30.6 Å². The smallest absolute Gasteiger partial charge is 0.315 e. The topological polar surface area (TPSA) is 103 Å². The first kappa shape index (κ1) is 17.0. The number of carbonyl (C=O) groups is 1. The highest BCUT2D eigenvalue weighted by atomic mass is 16.3. The van der Waals surface area contributed by atoms with E-state index in [1.807, 2.05) is 38.1 Å². The highest BCUT2D eigenvalue weighted by molar-refractivity contribution is 5.74. The number of carbonyl (C=O) groups excluding carboxylic acids is 1. The SMILES string of the molecule is CCC(O)(CC)CNC(=O)NCc1cccc(-c2ncn[nH]2)c1. The van der Waals surface area contributed by atoms with Crippen molar-refractivity contribution in [3.05, 3.63) is 36.2 Å². The lowest BCUT2D eigenvalue weighted by Gasteiger charge is -2.25. The second-order valence-corrected chi connectivity index (χ2v) is 5.50. The molecule has 0 aliphatic heterocycles. The molecule has 0 unspecified atom stereocenters. The highest BCUT2D eigenvalue weighted by Gasteiger charge is 2.22. The van der Waals surface area contributed by atoms with Gasteiger partial charge in [-0.2, -0.15) is 5.10 Å². The van der Waals surface area contributed by atoms with Crippen LogP contribution in [0.25, 0.3) is 11.4 Å². The minimum Gasteiger partial charge on any atom is -0.388 e. The summed E-state index contributed by atoms with van der Waals surface area (Å²) < 4.78 is 0. The maximum absolute atomic E-state index is 11.8. The zero-order chi connectivity index (χ0) is 16.7. The Labute approximate surface area is 135 Å². The molecular weight excluding hydrogens is 294 g/mol. The van der Waals surface area contributed by atoms with Crippen molar-refractivity contribution < 1.29 is 9.90 Å². The van der Waals surface area contributed by atoms with Crippen LogP contribution in [0.5, 0.6) is 0 Å². The second kappa shape index (κ2) is 7.73. The molecule has 0 radical (unpaired) electrons. The van der Waals surface area contributed by atoms with Crippen molar-refractivity contribution in [2.24, 2.45) is 0 Å². The Balaban J connectivity index is 1.86. The molecule has 1 aromatic heterocycles. The lowest BCUT2D eigenvalue weighted by molar-refractivity contribution is 0.0349. The molecule has 23 heavy (non-hydrogen) atoms. The van der Waals surface area contributed by atoms with Gasteiger partial charge in [0.15, 0.2) is 5.82 Å². The zero-order valence-corrected chi connectivity index (χ0v) is 13.5. The Morgan fingerprint density at radius 2 is 2.09 bits per heavy atom. The molecule has 1 aromatic carbocycles. The fourth-order valence-electron chi connectivity index (χ4n) is 2.16. The minimum atomic E-state index is -0.844. The molecule has 2 aromatic rings. The third kappa shape index (κ3) is 4.79. The van der Waals surface area contributed by atoms with Crippen LogP contribution in [0.2, 0.25) is 0 Å². The summed E-state index contributed by atoms with van der Waals surface area (Å²) in [6.07, 6.45) is 2.66. The zero-order valence-electron chi connectivity index (χ0n) is 13.5. The van der Waals surface area contributed by atoms with Gasteiger partial charge in [0.2, 0.25) is 0 Å². The Hall–Kier alpha value is -2.41. The molecule has 124 valence electrons. The van der Waals surface area contributed by atoms with E-state index in [9.17, 15) is 9.90 Å². The molecule has 7 heteroatoms. The van der Waals surface area contributed by atoms with Crippen molar-refractivity contribution in [2.45, 2.75) is 38.8 Å². The van der Waals surface area contributed by atoms with Crippen LogP contribution in [-0.2, 0) is 6.54 Å².